The standard InChI is InChI=1S/C36H23N3.C35H24N2.2C32H23N/c1-38-31-15-21-34(22-16-31)39(32-17-11-26(25-37)12-18-32)33-19-13-28(14-20-33)36-24-30-10-6-5-9-29(30)23-35(36)27-7-3-2-4-8-27;36-25-26-10-9-17-33(22-26)37(31-15-5-2-6-16-31)32-20-18-28(19-21-32)35-24-30-14-8-7-13-29(30)23-34(35)27-11-3-1-4-12-27;1-3-16-27(17-4-1)33(28-18-5-2-6-19-28)32-23-26-14-8-7-13-25(26)22-31(32)30-21-11-15-24-12-9-10-20-29(24)30;1-3-15-29(16-4-1)33(30-17-5-2-6-18-30)32-23-27-14-10-9-13-26(27)22-31(32)28-20-19-24-11-7-8-12-25(24)21-28/h2-24H;1-24H;2*1-23H. The summed E-state index contributed by atoms with van der Waals surface area (Å²) < 4.78 is 0. The van der Waals surface area contributed by atoms with Crippen LogP contribution in [0.15, 0.2) is 564 Å². The molecule has 24 aromatic carbocycles. The first-order valence-electron chi connectivity index (χ1n) is 47.6. The molecule has 0 aliphatic carbocycles. The average Bonchev–Trinajstić information content (AvgIpc) is 0.756. The van der Waals surface area contributed by atoms with Crippen LogP contribution in [0.2, 0.25) is 0 Å². The Morgan fingerprint density at radius 3 is 0.824 bits per heavy atom. The summed E-state index contributed by atoms with van der Waals surface area (Å²) in [6.45, 7) is 7.31. The number of nitrogens with zero attached hydrogens (tertiary/aromatic N) is 7. The van der Waals surface area contributed by atoms with E-state index in [0.717, 1.165) is 68.0 Å². The molecule has 0 radical (unpaired) electrons. The Morgan fingerprint density at radius 1 is 0.162 bits per heavy atom. The van der Waals surface area contributed by atoms with Gasteiger partial charge in [0.2, 0.25) is 0 Å². The van der Waals surface area contributed by atoms with Gasteiger partial charge in [0.15, 0.2) is 5.69 Å². The number of hydrogen-bond donors (Lipinski definition) is 0. The zero-order chi connectivity index (χ0) is 95.7. The maximum absolute atomic E-state index is 9.47. The van der Waals surface area contributed by atoms with E-state index in [-0.39, 0.29) is 0 Å². The number of anilines is 12. The molecule has 0 unspecified atom stereocenters. The van der Waals surface area contributed by atoms with Gasteiger partial charge < -0.3 is 19.6 Å². The number of nitriles is 2. The zero-order valence-electron chi connectivity index (χ0n) is 77.8. The largest absolute Gasteiger partial charge is 0.311 e. The number of rotatable bonds is 18. The van der Waals surface area contributed by atoms with Crippen LogP contribution < -0.4 is 19.6 Å². The van der Waals surface area contributed by atoms with Gasteiger partial charge in [-0.25, -0.2) is 4.85 Å². The summed E-state index contributed by atoms with van der Waals surface area (Å²) in [5.41, 5.74) is 29.0. The van der Waals surface area contributed by atoms with E-state index in [0.29, 0.717) is 16.8 Å². The van der Waals surface area contributed by atoms with Crippen LogP contribution in [-0.2, 0) is 0 Å². The minimum Gasteiger partial charge on any atom is -0.311 e. The minimum absolute atomic E-state index is 0.596. The predicted molar refractivity (Wildman–Crippen MR) is 598 cm³/mol. The van der Waals surface area contributed by atoms with Gasteiger partial charge in [0.1, 0.15) is 0 Å². The zero-order valence-corrected chi connectivity index (χ0v) is 77.8. The van der Waals surface area contributed by atoms with Gasteiger partial charge in [-0.2, -0.15) is 10.5 Å². The van der Waals surface area contributed by atoms with E-state index < -0.39 is 0 Å². The monoisotopic (exact) mass is 1810 g/mol. The topological polar surface area (TPSA) is 64.9 Å². The van der Waals surface area contributed by atoms with Crippen LogP contribution >= 0.6 is 0 Å². The van der Waals surface area contributed by atoms with Crippen LogP contribution in [0.5, 0.6) is 0 Å². The number of benzene rings is 24. The van der Waals surface area contributed by atoms with E-state index in [1.165, 1.54) is 132 Å². The first kappa shape index (κ1) is 89.1. The molecule has 0 saturated carbocycles. The lowest BCUT2D eigenvalue weighted by molar-refractivity contribution is 1.28. The summed E-state index contributed by atoms with van der Waals surface area (Å²) in [5.74, 6) is 0. The van der Waals surface area contributed by atoms with Gasteiger partial charge in [-0.05, 0) is 314 Å². The Hall–Kier alpha value is -19.5. The summed E-state index contributed by atoms with van der Waals surface area (Å²) >= 11 is 0. The Kier molecular flexibility index (Phi) is 26.2. The van der Waals surface area contributed by atoms with Gasteiger partial charge >= 0.3 is 0 Å². The Balaban J connectivity index is 0.000000112. The lowest BCUT2D eigenvalue weighted by atomic mass is 9.91. The molecule has 668 valence electrons. The molecule has 0 aliphatic heterocycles. The highest BCUT2D eigenvalue weighted by molar-refractivity contribution is 6.07. The predicted octanol–water partition coefficient (Wildman–Crippen LogP) is 37.8. The molecule has 24 aromatic rings. The smallest absolute Gasteiger partial charge is 0.187 e. The van der Waals surface area contributed by atoms with Crippen molar-refractivity contribution in [2.75, 3.05) is 19.6 Å². The van der Waals surface area contributed by atoms with E-state index in [1.54, 1.807) is 0 Å². The van der Waals surface area contributed by atoms with Crippen LogP contribution in [0.4, 0.5) is 73.9 Å². The van der Waals surface area contributed by atoms with E-state index in [9.17, 15) is 10.5 Å². The molecular weight excluding hydrogens is 1720 g/mol. The van der Waals surface area contributed by atoms with Gasteiger partial charge in [-0.15, -0.1) is 0 Å². The Bertz CT molecular complexity index is 8560. The van der Waals surface area contributed by atoms with Crippen molar-refractivity contribution in [2.45, 2.75) is 0 Å². The van der Waals surface area contributed by atoms with Crippen molar-refractivity contribution in [1.82, 2.24) is 0 Å². The molecule has 24 rings (SSSR count). The molecule has 0 aromatic heterocycles. The number of hydrogen-bond acceptors (Lipinski definition) is 6. The average molecular weight is 1810 g/mol. The van der Waals surface area contributed by atoms with E-state index in [1.807, 2.05) is 97.1 Å². The van der Waals surface area contributed by atoms with Gasteiger partial charge in [-0.3, -0.25) is 0 Å². The van der Waals surface area contributed by atoms with Crippen molar-refractivity contribution in [3.63, 3.8) is 0 Å². The molecule has 0 bridgehead atoms. The van der Waals surface area contributed by atoms with Gasteiger partial charge in [-0.1, -0.05) is 370 Å². The molecule has 0 fully saturated rings. The highest BCUT2D eigenvalue weighted by Crippen LogP contribution is 2.49. The molecule has 0 amide bonds. The van der Waals surface area contributed by atoms with Gasteiger partial charge in [0.05, 0.1) is 41.2 Å². The van der Waals surface area contributed by atoms with Crippen molar-refractivity contribution >= 4 is 139 Å². The molecular formula is C135H93N7. The second-order valence-electron chi connectivity index (χ2n) is 34.8. The molecule has 0 spiro atoms. The molecule has 0 atom stereocenters. The van der Waals surface area contributed by atoms with Gasteiger partial charge in [0, 0.05) is 68.0 Å². The number of para-hydroxylation sites is 5. The van der Waals surface area contributed by atoms with Crippen LogP contribution in [0.3, 0.4) is 0 Å². The van der Waals surface area contributed by atoms with E-state index in [4.69, 9.17) is 6.57 Å². The fourth-order valence-corrected chi connectivity index (χ4v) is 19.1. The highest BCUT2D eigenvalue weighted by Gasteiger charge is 2.24. The maximum Gasteiger partial charge on any atom is 0.187 e. The maximum atomic E-state index is 9.47. The third-order valence-corrected chi connectivity index (χ3v) is 26.0. The van der Waals surface area contributed by atoms with Gasteiger partial charge in [0.25, 0.3) is 0 Å². The minimum atomic E-state index is 0.596. The number of fused-ring (bicyclic) bond motifs is 6. The quantitative estimate of drug-likeness (QED) is 0.0798. The summed E-state index contributed by atoms with van der Waals surface area (Å²) in [4.78, 5) is 12.6. The third kappa shape index (κ3) is 19.4. The van der Waals surface area contributed by atoms with Crippen molar-refractivity contribution < 1.29 is 0 Å². The first-order valence-corrected chi connectivity index (χ1v) is 47.6. The summed E-state index contributed by atoms with van der Waals surface area (Å²) in [6.07, 6.45) is 0. The molecule has 0 N–H and O–H groups in total. The Morgan fingerprint density at radius 2 is 0.430 bits per heavy atom. The fourth-order valence-electron chi connectivity index (χ4n) is 19.1. The molecule has 0 aliphatic rings. The lowest BCUT2D eigenvalue weighted by Gasteiger charge is -2.28. The molecule has 0 heterocycles. The SMILES string of the molecule is N#Cc1cccc(N(c2ccccc2)c2ccc(-c3cc4ccccc4cc3-c3ccccc3)cc2)c1.[C-]#[N+]c1ccc(N(c2ccc(C#N)cc2)c2ccc(-c3cc4ccccc4cc3-c3ccccc3)cc2)cc1.c1ccc(N(c2ccccc2)c2cc3ccccc3cc2-c2ccc3ccccc3c2)cc1.c1ccc(N(c2ccccc2)c2cc3ccccc3cc2-c2cccc3ccccc23)cc1. The summed E-state index contributed by atoms with van der Waals surface area (Å²) in [6, 6.07) is 202. The lowest BCUT2D eigenvalue weighted by Crippen LogP contribution is -2.11. The van der Waals surface area contributed by atoms with Crippen molar-refractivity contribution in [1.29, 1.82) is 10.5 Å². The van der Waals surface area contributed by atoms with Crippen LogP contribution in [0.25, 0.3) is 136 Å². The van der Waals surface area contributed by atoms with E-state index >= 15 is 0 Å². The van der Waals surface area contributed by atoms with Crippen molar-refractivity contribution in [2.24, 2.45) is 0 Å². The second kappa shape index (κ2) is 41.8. The van der Waals surface area contributed by atoms with Crippen LogP contribution in [0.1, 0.15) is 11.1 Å². The first-order chi connectivity index (χ1) is 70.3. The molecule has 7 nitrogen and oxygen atoms in total. The van der Waals surface area contributed by atoms with Crippen LogP contribution in [-0.4, -0.2) is 0 Å². The second-order valence-corrected chi connectivity index (χ2v) is 34.8. The Labute approximate surface area is 828 Å². The van der Waals surface area contributed by atoms with E-state index in [2.05, 4.69) is 504 Å². The molecule has 142 heavy (non-hydrogen) atoms. The third-order valence-electron chi connectivity index (χ3n) is 26.0. The van der Waals surface area contributed by atoms with Crippen LogP contribution in [0, 0.1) is 29.2 Å². The summed E-state index contributed by atoms with van der Waals surface area (Å²) in [7, 11) is 0. The molecule has 0 saturated heterocycles. The summed E-state index contributed by atoms with van der Waals surface area (Å²) in [5, 5.41) is 33.6. The van der Waals surface area contributed by atoms with Crippen molar-refractivity contribution in [3.05, 3.63) is 587 Å². The van der Waals surface area contributed by atoms with Crippen molar-refractivity contribution in [3.8, 4) is 78.9 Å². The normalized spacial score (nSPS) is 10.8. The fraction of sp³-hybridized carbons (Fsp3) is 0. The molecule has 7 heteroatoms. The highest BCUT2D eigenvalue weighted by atomic mass is 15.2.